The Morgan fingerprint density at radius 1 is 0.820 bits per heavy atom. The number of carboxylic acids is 3. The van der Waals surface area contributed by atoms with Crippen molar-refractivity contribution in [2.75, 3.05) is 18.1 Å². The zero-order valence-electron chi connectivity index (χ0n) is 31.6. The second-order valence-corrected chi connectivity index (χ2v) is 14.3. The van der Waals surface area contributed by atoms with E-state index in [4.69, 9.17) is 23.7 Å². The van der Waals surface area contributed by atoms with Crippen molar-refractivity contribution in [2.45, 2.75) is 86.3 Å². The Hall–Kier alpha value is -5.95. The van der Waals surface area contributed by atoms with Crippen molar-refractivity contribution in [1.29, 1.82) is 0 Å². The lowest BCUT2D eigenvalue weighted by atomic mass is 9.97. The van der Waals surface area contributed by atoms with Crippen molar-refractivity contribution >= 4 is 41.4 Å². The van der Waals surface area contributed by atoms with Gasteiger partial charge in [-0.3, -0.25) is 4.99 Å². The van der Waals surface area contributed by atoms with Crippen molar-refractivity contribution < 1.29 is 99.0 Å². The number of ether oxygens (including phenoxy) is 5. The highest BCUT2D eigenvalue weighted by molar-refractivity contribution is 6.41. The number of anilines is 1. The summed E-state index contributed by atoms with van der Waals surface area (Å²) in [5.41, 5.74) is 0.595. The van der Waals surface area contributed by atoms with Crippen molar-refractivity contribution in [3.63, 3.8) is 0 Å². The minimum absolute atomic E-state index is 0.00244. The normalized spacial score (nSPS) is 31.3. The number of carbonyl (C=O) groups excluding carboxylic acids is 1. The Labute approximate surface area is 344 Å². The molecular formula is C39H42N2O20. The molecule has 0 aromatic heterocycles. The maximum absolute atomic E-state index is 12.6. The van der Waals surface area contributed by atoms with Gasteiger partial charge >= 0.3 is 23.9 Å². The van der Waals surface area contributed by atoms with Gasteiger partial charge in [0.05, 0.1) is 6.61 Å². The van der Waals surface area contributed by atoms with Crippen LogP contribution in [-0.2, 0) is 44.5 Å². The van der Waals surface area contributed by atoms with Crippen LogP contribution in [0.1, 0.15) is 17.5 Å². The number of dihydropyridines is 1. The fraction of sp³-hybridized carbons (Fsp3) is 0.410. The number of benzene rings is 2. The van der Waals surface area contributed by atoms with Crippen molar-refractivity contribution in [2.24, 2.45) is 4.99 Å². The standard InChI is InChI=1S/C39H42N2O20/c42-14-26-29(46)31(48)33(50)38(59-26)61-34-32(49)30(47)27(15-57-28(45)6-3-16-1-4-19(43)5-2-16)60-39(34)58-25-13-22-18(12-24(25)44)11-23(37(55)56)41(22)8-7-17-9-20(35(51)52)40-21(10-17)36(53)54/h1-9,12-13,21,23,26-27,29-34,38-39,42-44,46-50H,10-11,14-15H2,(H,51,52)(H,53,54)(H,55,56)/b6-3+,8-7+/t21-,23-,26+,27+,29+,30+,31-,32-,33+,34+,38-,39+/m0/s1. The summed E-state index contributed by atoms with van der Waals surface area (Å²) in [6.45, 7) is -1.55. The number of aliphatic hydroxyl groups excluding tert-OH is 6. The van der Waals surface area contributed by atoms with Crippen LogP contribution in [0.4, 0.5) is 5.69 Å². The van der Waals surface area contributed by atoms with Gasteiger partial charge in [-0.25, -0.2) is 19.2 Å². The second kappa shape index (κ2) is 18.8. The molecule has 2 saturated heterocycles. The molecule has 4 aliphatic rings. The molecule has 0 saturated carbocycles. The van der Waals surface area contributed by atoms with Gasteiger partial charge in [-0.1, -0.05) is 12.1 Å². The van der Waals surface area contributed by atoms with Crippen LogP contribution in [0, 0.1) is 0 Å². The molecule has 4 aliphatic heterocycles. The molecule has 0 aliphatic carbocycles. The second-order valence-electron chi connectivity index (χ2n) is 14.3. The van der Waals surface area contributed by atoms with E-state index in [0.717, 1.165) is 12.2 Å². The van der Waals surface area contributed by atoms with Crippen LogP contribution in [0.3, 0.4) is 0 Å². The molecule has 0 unspecified atom stereocenters. The quantitative estimate of drug-likeness (QED) is 0.0723. The summed E-state index contributed by atoms with van der Waals surface area (Å²) >= 11 is 0. The average Bonchev–Trinajstić information content (AvgIpc) is 3.58. The van der Waals surface area contributed by atoms with Gasteiger partial charge in [-0.2, -0.15) is 0 Å². The van der Waals surface area contributed by atoms with E-state index < -0.39 is 128 Å². The maximum atomic E-state index is 12.6. The van der Waals surface area contributed by atoms with E-state index >= 15 is 0 Å². The van der Waals surface area contributed by atoms with Gasteiger partial charge in [-0.05, 0) is 53.1 Å². The SMILES string of the molecule is O=C(/C=C/c1ccc(O)cc1)OC[C@H]1O[C@@H](Oc2cc3c(cc2O)C[C@@H](C(=O)O)N3/C=C/C2=CC(C(=O)O)=N[C@H](C(=O)O)C2)[C@H](O[C@@H]2O[C@H](CO)[C@@H](O)[C@H](O)[C@H]2O)[C@@H](O)[C@@H]1O. The van der Waals surface area contributed by atoms with Crippen LogP contribution in [0.5, 0.6) is 17.2 Å². The van der Waals surface area contributed by atoms with Crippen molar-refractivity contribution in [3.05, 3.63) is 77.5 Å². The Morgan fingerprint density at radius 3 is 2.16 bits per heavy atom. The predicted octanol–water partition coefficient (Wildman–Crippen LogP) is -2.00. The third-order valence-corrected chi connectivity index (χ3v) is 10.2. The third kappa shape index (κ3) is 9.99. The molecule has 6 rings (SSSR count). The number of carbonyl (C=O) groups is 4. The topological polar surface area (TPSA) is 353 Å². The lowest BCUT2D eigenvalue weighted by Gasteiger charge is -2.45. The lowest BCUT2D eigenvalue weighted by molar-refractivity contribution is -0.358. The number of phenolic OH excluding ortho intramolecular Hbond substituents is 2. The van der Waals surface area contributed by atoms with Gasteiger partial charge < -0.3 is 84.8 Å². The molecule has 12 atom stereocenters. The number of aliphatic imine (C=N–C) groups is 1. The Balaban J connectivity index is 1.28. The van der Waals surface area contributed by atoms with Crippen LogP contribution in [0.25, 0.3) is 6.08 Å². The van der Waals surface area contributed by atoms with E-state index in [1.807, 2.05) is 0 Å². The first-order chi connectivity index (χ1) is 28.9. The van der Waals surface area contributed by atoms with Crippen LogP contribution < -0.4 is 9.64 Å². The molecule has 22 heteroatoms. The Morgan fingerprint density at radius 2 is 1.51 bits per heavy atom. The molecule has 4 heterocycles. The van der Waals surface area contributed by atoms with Gasteiger partial charge in [0.15, 0.2) is 29.9 Å². The third-order valence-electron chi connectivity index (χ3n) is 10.2. The van der Waals surface area contributed by atoms with Gasteiger partial charge in [0.25, 0.3) is 0 Å². The highest BCUT2D eigenvalue weighted by Gasteiger charge is 2.52. The molecule has 0 amide bonds. The number of aliphatic carboxylic acids is 3. The molecule has 0 radical (unpaired) electrons. The average molecular weight is 859 g/mol. The van der Waals surface area contributed by atoms with E-state index in [-0.39, 0.29) is 35.4 Å². The zero-order chi connectivity index (χ0) is 44.3. The number of fused-ring (bicyclic) bond motifs is 1. The zero-order valence-corrected chi connectivity index (χ0v) is 31.6. The fourth-order valence-electron chi connectivity index (χ4n) is 6.93. The summed E-state index contributed by atoms with van der Waals surface area (Å²) in [7, 11) is 0. The first-order valence-corrected chi connectivity index (χ1v) is 18.5. The number of phenols is 2. The Kier molecular flexibility index (Phi) is 13.7. The first kappa shape index (κ1) is 44.6. The van der Waals surface area contributed by atoms with Crippen LogP contribution in [0.15, 0.2) is 71.4 Å². The monoisotopic (exact) mass is 858 g/mol. The van der Waals surface area contributed by atoms with Gasteiger partial charge in [0.2, 0.25) is 6.29 Å². The summed E-state index contributed by atoms with van der Waals surface area (Å²) < 4.78 is 28.3. The van der Waals surface area contributed by atoms with E-state index in [1.165, 1.54) is 59.7 Å². The lowest BCUT2D eigenvalue weighted by Crippen LogP contribution is -2.65. The molecule has 2 fully saturated rings. The number of nitrogens with zero attached hydrogens (tertiary/aromatic N) is 2. The van der Waals surface area contributed by atoms with Gasteiger partial charge in [0.1, 0.15) is 66.8 Å². The Bertz CT molecular complexity index is 2100. The van der Waals surface area contributed by atoms with Crippen LogP contribution in [0.2, 0.25) is 0 Å². The molecule has 0 spiro atoms. The summed E-state index contributed by atoms with van der Waals surface area (Å²) in [6.07, 6.45) is -12.6. The van der Waals surface area contributed by atoms with Gasteiger partial charge in [-0.15, -0.1) is 0 Å². The number of aliphatic hydroxyl groups is 6. The van der Waals surface area contributed by atoms with E-state index in [2.05, 4.69) is 4.99 Å². The van der Waals surface area contributed by atoms with Gasteiger partial charge in [0, 0.05) is 36.9 Å². The molecule has 328 valence electrons. The number of rotatable bonds is 14. The molecule has 0 bridgehead atoms. The van der Waals surface area contributed by atoms with Crippen molar-refractivity contribution in [1.82, 2.24) is 0 Å². The fourth-order valence-corrected chi connectivity index (χ4v) is 6.93. The van der Waals surface area contributed by atoms with E-state index in [9.17, 15) is 75.3 Å². The maximum Gasteiger partial charge on any atom is 0.354 e. The molecule has 2 aromatic carbocycles. The first-order valence-electron chi connectivity index (χ1n) is 18.5. The van der Waals surface area contributed by atoms with E-state index in [1.54, 1.807) is 0 Å². The minimum Gasteiger partial charge on any atom is -0.508 e. The molecule has 11 N–H and O–H groups in total. The van der Waals surface area contributed by atoms with Crippen LogP contribution >= 0.6 is 0 Å². The largest absolute Gasteiger partial charge is 0.508 e. The smallest absolute Gasteiger partial charge is 0.354 e. The number of allylic oxidation sites excluding steroid dienone is 1. The van der Waals surface area contributed by atoms with E-state index in [0.29, 0.717) is 5.56 Å². The number of hydrogen-bond donors (Lipinski definition) is 11. The summed E-state index contributed by atoms with van der Waals surface area (Å²) in [6, 6.07) is 5.46. The van der Waals surface area contributed by atoms with Crippen LogP contribution in [-0.4, -0.2) is 172 Å². The predicted molar refractivity (Wildman–Crippen MR) is 202 cm³/mol. The summed E-state index contributed by atoms with van der Waals surface area (Å²) in [5.74, 6) is -6.12. The molecule has 22 nitrogen and oxygen atoms in total. The number of hydrogen-bond acceptors (Lipinski definition) is 19. The number of aromatic hydroxyl groups is 2. The van der Waals surface area contributed by atoms with Crippen molar-refractivity contribution in [3.8, 4) is 17.2 Å². The molecule has 61 heavy (non-hydrogen) atoms. The molecular weight excluding hydrogens is 816 g/mol. The summed E-state index contributed by atoms with van der Waals surface area (Å²) in [5, 5.41) is 113. The highest BCUT2D eigenvalue weighted by atomic mass is 16.8. The number of carboxylic acid groups (broad SMARTS) is 3. The summed E-state index contributed by atoms with van der Waals surface area (Å²) in [4.78, 5) is 53.3. The molecule has 2 aromatic rings. The highest BCUT2D eigenvalue weighted by Crippen LogP contribution is 2.42. The number of esters is 1. The minimum atomic E-state index is -2.02.